The topological polar surface area (TPSA) is 21.3 Å². The molecular weight excluding hydrogens is 234 g/mol. The fourth-order valence-corrected chi connectivity index (χ4v) is 2.90. The summed E-state index contributed by atoms with van der Waals surface area (Å²) >= 11 is 0. The van der Waals surface area contributed by atoms with E-state index in [1.54, 1.807) is 7.11 Å². The molecule has 1 aliphatic carbocycles. The number of benzene rings is 1. The van der Waals surface area contributed by atoms with E-state index in [0.29, 0.717) is 0 Å². The standard InChI is InChI=1S/C17H27NO/c1-14-6-8-16(9-7-14)13-18-11-10-15-4-3-5-17(12-15)19-2/h3-5,12,14,16,18H,6-11,13H2,1-2H3. The van der Waals surface area contributed by atoms with Gasteiger partial charge < -0.3 is 10.1 Å². The van der Waals surface area contributed by atoms with Gasteiger partial charge in [0.2, 0.25) is 0 Å². The first-order valence-corrected chi connectivity index (χ1v) is 7.61. The van der Waals surface area contributed by atoms with Crippen molar-refractivity contribution in [3.63, 3.8) is 0 Å². The smallest absolute Gasteiger partial charge is 0.119 e. The Kier molecular flexibility index (Phi) is 5.71. The Hall–Kier alpha value is -1.02. The van der Waals surface area contributed by atoms with Crippen molar-refractivity contribution in [2.75, 3.05) is 20.2 Å². The molecule has 0 spiro atoms. The summed E-state index contributed by atoms with van der Waals surface area (Å²) < 4.78 is 5.25. The lowest BCUT2D eigenvalue weighted by atomic mass is 9.83. The second kappa shape index (κ2) is 7.54. The lowest BCUT2D eigenvalue weighted by molar-refractivity contribution is 0.282. The van der Waals surface area contributed by atoms with Crippen molar-refractivity contribution in [3.05, 3.63) is 29.8 Å². The average molecular weight is 261 g/mol. The van der Waals surface area contributed by atoms with Crippen LogP contribution in [0.15, 0.2) is 24.3 Å². The van der Waals surface area contributed by atoms with Crippen LogP contribution >= 0.6 is 0 Å². The molecule has 2 heteroatoms. The van der Waals surface area contributed by atoms with E-state index < -0.39 is 0 Å². The summed E-state index contributed by atoms with van der Waals surface area (Å²) in [6.07, 6.45) is 6.74. The Labute approximate surface area is 117 Å². The first-order chi connectivity index (χ1) is 9.28. The molecule has 0 bridgehead atoms. The van der Waals surface area contributed by atoms with Crippen LogP contribution in [0.3, 0.4) is 0 Å². The van der Waals surface area contributed by atoms with Crippen LogP contribution < -0.4 is 10.1 Å². The fourth-order valence-electron chi connectivity index (χ4n) is 2.90. The molecule has 0 radical (unpaired) electrons. The largest absolute Gasteiger partial charge is 0.497 e. The normalized spacial score (nSPS) is 23.3. The maximum absolute atomic E-state index is 5.25. The Bertz CT molecular complexity index is 369. The third-order valence-corrected chi connectivity index (χ3v) is 4.29. The zero-order valence-corrected chi connectivity index (χ0v) is 12.3. The highest BCUT2D eigenvalue weighted by Gasteiger charge is 2.17. The minimum absolute atomic E-state index is 0.904. The molecule has 1 saturated carbocycles. The van der Waals surface area contributed by atoms with Crippen LogP contribution in [-0.4, -0.2) is 20.2 Å². The lowest BCUT2D eigenvalue weighted by Gasteiger charge is -2.26. The fraction of sp³-hybridized carbons (Fsp3) is 0.647. The molecule has 1 aliphatic rings. The SMILES string of the molecule is COc1cccc(CCNCC2CCC(C)CC2)c1. The summed E-state index contributed by atoms with van der Waals surface area (Å²) in [5, 5.41) is 3.62. The number of hydrogen-bond acceptors (Lipinski definition) is 2. The molecule has 106 valence electrons. The molecule has 0 atom stereocenters. The molecule has 1 N–H and O–H groups in total. The molecule has 2 rings (SSSR count). The predicted molar refractivity (Wildman–Crippen MR) is 80.7 cm³/mol. The van der Waals surface area contributed by atoms with Gasteiger partial charge >= 0.3 is 0 Å². The zero-order chi connectivity index (χ0) is 13.5. The van der Waals surface area contributed by atoms with Crippen molar-refractivity contribution < 1.29 is 4.74 Å². The summed E-state index contributed by atoms with van der Waals surface area (Å²) in [7, 11) is 1.72. The van der Waals surface area contributed by atoms with Gasteiger partial charge in [0.1, 0.15) is 5.75 Å². The molecule has 1 aromatic carbocycles. The van der Waals surface area contributed by atoms with E-state index in [0.717, 1.165) is 30.6 Å². The molecule has 1 aromatic rings. The molecule has 0 amide bonds. The van der Waals surface area contributed by atoms with Crippen LogP contribution in [-0.2, 0) is 6.42 Å². The van der Waals surface area contributed by atoms with Crippen molar-refractivity contribution in [2.45, 2.75) is 39.0 Å². The molecule has 2 nitrogen and oxygen atoms in total. The molecule has 1 fully saturated rings. The maximum atomic E-state index is 5.25. The maximum Gasteiger partial charge on any atom is 0.119 e. The first-order valence-electron chi connectivity index (χ1n) is 7.61. The molecular formula is C17H27NO. The first kappa shape index (κ1) is 14.4. The Balaban J connectivity index is 1.63. The average Bonchev–Trinajstić information content (AvgIpc) is 2.46. The number of nitrogens with one attached hydrogen (secondary N) is 1. The Morgan fingerprint density at radius 3 is 2.74 bits per heavy atom. The van der Waals surface area contributed by atoms with Crippen molar-refractivity contribution in [1.82, 2.24) is 5.32 Å². The molecule has 0 aliphatic heterocycles. The Morgan fingerprint density at radius 2 is 2.00 bits per heavy atom. The second-order valence-corrected chi connectivity index (χ2v) is 5.93. The second-order valence-electron chi connectivity index (χ2n) is 5.93. The number of rotatable bonds is 6. The van der Waals surface area contributed by atoms with Crippen molar-refractivity contribution >= 4 is 0 Å². The zero-order valence-electron chi connectivity index (χ0n) is 12.3. The van der Waals surface area contributed by atoms with Crippen LogP contribution in [0.25, 0.3) is 0 Å². The van der Waals surface area contributed by atoms with Gasteiger partial charge in [-0.05, 0) is 61.9 Å². The van der Waals surface area contributed by atoms with Crippen molar-refractivity contribution in [1.29, 1.82) is 0 Å². The van der Waals surface area contributed by atoms with E-state index in [-0.39, 0.29) is 0 Å². The van der Waals surface area contributed by atoms with E-state index in [2.05, 4.69) is 30.4 Å². The Morgan fingerprint density at radius 1 is 1.21 bits per heavy atom. The van der Waals surface area contributed by atoms with Gasteiger partial charge in [-0.1, -0.05) is 31.9 Å². The monoisotopic (exact) mass is 261 g/mol. The van der Waals surface area contributed by atoms with Gasteiger partial charge in [0, 0.05) is 0 Å². The minimum Gasteiger partial charge on any atom is -0.497 e. The highest BCUT2D eigenvalue weighted by atomic mass is 16.5. The predicted octanol–water partition coefficient (Wildman–Crippen LogP) is 3.65. The number of ether oxygens (including phenoxy) is 1. The van der Waals surface area contributed by atoms with Gasteiger partial charge in [-0.3, -0.25) is 0 Å². The minimum atomic E-state index is 0.904. The highest BCUT2D eigenvalue weighted by Crippen LogP contribution is 2.27. The quantitative estimate of drug-likeness (QED) is 0.789. The van der Waals surface area contributed by atoms with Crippen LogP contribution in [0.2, 0.25) is 0 Å². The van der Waals surface area contributed by atoms with E-state index in [9.17, 15) is 0 Å². The van der Waals surface area contributed by atoms with Crippen molar-refractivity contribution in [2.24, 2.45) is 11.8 Å². The molecule has 19 heavy (non-hydrogen) atoms. The van der Waals surface area contributed by atoms with Gasteiger partial charge in [0.05, 0.1) is 7.11 Å². The summed E-state index contributed by atoms with van der Waals surface area (Å²) in [5.74, 6) is 2.81. The number of hydrogen-bond donors (Lipinski definition) is 1. The van der Waals surface area contributed by atoms with E-state index in [1.807, 2.05) is 6.07 Å². The number of methoxy groups -OCH3 is 1. The highest BCUT2D eigenvalue weighted by molar-refractivity contribution is 5.28. The molecule has 0 heterocycles. The van der Waals surface area contributed by atoms with Gasteiger partial charge in [0.15, 0.2) is 0 Å². The molecule has 0 saturated heterocycles. The van der Waals surface area contributed by atoms with E-state index >= 15 is 0 Å². The van der Waals surface area contributed by atoms with E-state index in [1.165, 1.54) is 37.8 Å². The van der Waals surface area contributed by atoms with Crippen LogP contribution in [0, 0.1) is 11.8 Å². The molecule has 0 unspecified atom stereocenters. The summed E-state index contributed by atoms with van der Waals surface area (Å²) in [5.41, 5.74) is 1.35. The summed E-state index contributed by atoms with van der Waals surface area (Å²) in [6.45, 7) is 4.64. The van der Waals surface area contributed by atoms with Crippen LogP contribution in [0.4, 0.5) is 0 Å². The third kappa shape index (κ3) is 4.87. The van der Waals surface area contributed by atoms with Gasteiger partial charge in [0.25, 0.3) is 0 Å². The van der Waals surface area contributed by atoms with Crippen LogP contribution in [0.5, 0.6) is 5.75 Å². The summed E-state index contributed by atoms with van der Waals surface area (Å²) in [4.78, 5) is 0. The van der Waals surface area contributed by atoms with Crippen LogP contribution in [0.1, 0.15) is 38.2 Å². The lowest BCUT2D eigenvalue weighted by Crippen LogP contribution is -2.27. The van der Waals surface area contributed by atoms with Gasteiger partial charge in [-0.15, -0.1) is 0 Å². The van der Waals surface area contributed by atoms with Gasteiger partial charge in [-0.2, -0.15) is 0 Å². The molecule has 0 aromatic heterocycles. The third-order valence-electron chi connectivity index (χ3n) is 4.29. The van der Waals surface area contributed by atoms with E-state index in [4.69, 9.17) is 4.74 Å². The summed E-state index contributed by atoms with van der Waals surface area (Å²) in [6, 6.07) is 8.37. The van der Waals surface area contributed by atoms with Gasteiger partial charge in [-0.25, -0.2) is 0 Å². The van der Waals surface area contributed by atoms with Crippen molar-refractivity contribution in [3.8, 4) is 5.75 Å².